The zero-order valence-corrected chi connectivity index (χ0v) is 18.0. The second-order valence-corrected chi connectivity index (χ2v) is 9.20. The Balaban J connectivity index is 1.30. The number of anilines is 2. The molecule has 0 N–H and O–H groups in total. The van der Waals surface area contributed by atoms with E-state index in [2.05, 4.69) is 0 Å². The molecule has 5 rings (SSSR count). The molecule has 0 aliphatic carbocycles. The molecule has 4 heterocycles. The zero-order chi connectivity index (χ0) is 21.5. The first-order valence-corrected chi connectivity index (χ1v) is 11.1. The van der Waals surface area contributed by atoms with Gasteiger partial charge < -0.3 is 19.1 Å². The maximum absolute atomic E-state index is 12.6. The zero-order valence-electron chi connectivity index (χ0n) is 16.4. The molecular formula is C21H19ClN2O6S. The van der Waals surface area contributed by atoms with Crippen LogP contribution in [0, 0.1) is 0 Å². The van der Waals surface area contributed by atoms with Crippen LogP contribution in [0.25, 0.3) is 0 Å². The number of ketones is 1. The van der Waals surface area contributed by atoms with Crippen LogP contribution in [0.5, 0.6) is 5.75 Å². The van der Waals surface area contributed by atoms with E-state index < -0.39 is 12.2 Å². The molecule has 162 valence electrons. The molecule has 8 nitrogen and oxygen atoms in total. The number of rotatable bonds is 5. The normalized spacial score (nSPS) is 22.6. The van der Waals surface area contributed by atoms with Crippen LogP contribution in [0.1, 0.15) is 22.5 Å². The molecule has 1 aromatic carbocycles. The summed E-state index contributed by atoms with van der Waals surface area (Å²) in [6.07, 6.45) is -0.244. The van der Waals surface area contributed by atoms with Crippen LogP contribution in [0.15, 0.2) is 30.3 Å². The van der Waals surface area contributed by atoms with E-state index in [0.717, 1.165) is 0 Å². The van der Waals surface area contributed by atoms with Crippen molar-refractivity contribution in [1.29, 1.82) is 0 Å². The van der Waals surface area contributed by atoms with Gasteiger partial charge in [0.15, 0.2) is 5.78 Å². The fraction of sp³-hybridized carbons (Fsp3) is 0.381. The van der Waals surface area contributed by atoms with Crippen molar-refractivity contribution in [3.05, 3.63) is 39.5 Å². The number of amides is 2. The predicted octanol–water partition coefficient (Wildman–Crippen LogP) is 3.51. The van der Waals surface area contributed by atoms with Crippen LogP contribution in [-0.2, 0) is 14.3 Å². The van der Waals surface area contributed by atoms with Gasteiger partial charge in [0.25, 0.3) is 5.91 Å². The molecule has 10 heteroatoms. The van der Waals surface area contributed by atoms with E-state index in [9.17, 15) is 14.4 Å². The summed E-state index contributed by atoms with van der Waals surface area (Å²) in [6, 6.07) is 8.41. The van der Waals surface area contributed by atoms with Gasteiger partial charge in [0.2, 0.25) is 0 Å². The summed E-state index contributed by atoms with van der Waals surface area (Å²) in [6.45, 7) is 1.25. The van der Waals surface area contributed by atoms with Crippen molar-refractivity contribution in [2.24, 2.45) is 0 Å². The molecule has 0 unspecified atom stereocenters. The predicted molar refractivity (Wildman–Crippen MR) is 115 cm³/mol. The quantitative estimate of drug-likeness (QED) is 0.632. The molecule has 0 radical (unpaired) electrons. The summed E-state index contributed by atoms with van der Waals surface area (Å²) in [5.74, 6) is 0.385. The van der Waals surface area contributed by atoms with Crippen molar-refractivity contribution in [1.82, 2.24) is 0 Å². The van der Waals surface area contributed by atoms with Crippen molar-refractivity contribution in [2.75, 3.05) is 36.2 Å². The number of hydrogen-bond donors (Lipinski definition) is 0. The van der Waals surface area contributed by atoms with Crippen molar-refractivity contribution in [3.63, 3.8) is 0 Å². The third-order valence-corrected chi connectivity index (χ3v) is 6.90. The molecule has 3 aliphatic heterocycles. The molecule has 1 aromatic heterocycles. The number of Topliss-reactive ketones (excluding diaryl/α,β-unsaturated/α-hetero) is 1. The van der Waals surface area contributed by atoms with Gasteiger partial charge in [-0.3, -0.25) is 14.5 Å². The Bertz CT molecular complexity index is 1060. The Morgan fingerprint density at radius 1 is 1.23 bits per heavy atom. The molecule has 0 spiro atoms. The average Bonchev–Trinajstić information content (AvgIpc) is 3.35. The van der Waals surface area contributed by atoms with Crippen LogP contribution >= 0.6 is 22.9 Å². The SMILES string of the molecule is O=C(CC[C@@H]1OC(=O)N2c3ccc(N4CCOCC4=O)cc3OC[C@@H]12)c1ccc(Cl)s1. The number of nitrogens with zero attached hydrogens (tertiary/aromatic N) is 2. The van der Waals surface area contributed by atoms with Gasteiger partial charge in [0.05, 0.1) is 21.5 Å². The van der Waals surface area contributed by atoms with Crippen molar-refractivity contribution >= 4 is 52.1 Å². The first-order valence-electron chi connectivity index (χ1n) is 9.94. The molecule has 2 aromatic rings. The first-order chi connectivity index (χ1) is 15.0. The average molecular weight is 463 g/mol. The lowest BCUT2D eigenvalue weighted by molar-refractivity contribution is -0.125. The van der Waals surface area contributed by atoms with E-state index in [1.165, 1.54) is 11.3 Å². The van der Waals surface area contributed by atoms with Crippen LogP contribution in [-0.4, -0.2) is 56.3 Å². The maximum atomic E-state index is 12.6. The molecule has 2 fully saturated rings. The number of fused-ring (bicyclic) bond motifs is 3. The first kappa shape index (κ1) is 20.3. The smallest absolute Gasteiger partial charge is 0.415 e. The van der Waals surface area contributed by atoms with E-state index in [-0.39, 0.29) is 37.4 Å². The Morgan fingerprint density at radius 2 is 2.10 bits per heavy atom. The third kappa shape index (κ3) is 3.77. The van der Waals surface area contributed by atoms with E-state index in [4.69, 9.17) is 25.8 Å². The van der Waals surface area contributed by atoms with Crippen LogP contribution < -0.4 is 14.5 Å². The Hall–Kier alpha value is -2.62. The number of benzene rings is 1. The number of halogens is 1. The number of carbonyl (C=O) groups is 3. The van der Waals surface area contributed by atoms with Gasteiger partial charge in [-0.05, 0) is 30.7 Å². The number of carbonyl (C=O) groups excluding carboxylic acids is 3. The van der Waals surface area contributed by atoms with Gasteiger partial charge in [0.1, 0.15) is 31.1 Å². The molecule has 31 heavy (non-hydrogen) atoms. The number of ether oxygens (including phenoxy) is 3. The highest BCUT2D eigenvalue weighted by atomic mass is 35.5. The number of cyclic esters (lactones) is 1. The van der Waals surface area contributed by atoms with E-state index in [1.807, 2.05) is 0 Å². The standard InChI is InChI=1S/C21H19ClN2O6S/c22-19-6-5-18(31-19)15(25)3-4-16-14-10-29-17-9-12(23-7-8-28-11-20(23)26)1-2-13(17)24(14)21(27)30-16/h1-2,5-6,9,14,16H,3-4,7-8,10-11H2/t14-,16-/m0/s1. The lowest BCUT2D eigenvalue weighted by atomic mass is 10.0. The Morgan fingerprint density at radius 3 is 2.87 bits per heavy atom. The van der Waals surface area contributed by atoms with E-state index in [0.29, 0.717) is 45.9 Å². The topological polar surface area (TPSA) is 85.4 Å². The molecule has 0 bridgehead atoms. The van der Waals surface area contributed by atoms with Crippen LogP contribution in [0.2, 0.25) is 4.34 Å². The highest BCUT2D eigenvalue weighted by molar-refractivity contribution is 7.18. The third-order valence-electron chi connectivity index (χ3n) is 5.62. The summed E-state index contributed by atoms with van der Waals surface area (Å²) in [7, 11) is 0. The minimum Gasteiger partial charge on any atom is -0.489 e. The molecule has 2 saturated heterocycles. The summed E-state index contributed by atoms with van der Waals surface area (Å²) in [5.41, 5.74) is 1.30. The Labute approximate surface area is 187 Å². The van der Waals surface area contributed by atoms with Gasteiger partial charge in [-0.15, -0.1) is 11.3 Å². The maximum Gasteiger partial charge on any atom is 0.415 e. The molecule has 0 saturated carbocycles. The fourth-order valence-electron chi connectivity index (χ4n) is 4.09. The fourth-order valence-corrected chi connectivity index (χ4v) is 5.10. The van der Waals surface area contributed by atoms with E-state index >= 15 is 0 Å². The highest BCUT2D eigenvalue weighted by Crippen LogP contribution is 2.42. The number of thiophene rings is 1. The summed E-state index contributed by atoms with van der Waals surface area (Å²) >= 11 is 7.15. The summed E-state index contributed by atoms with van der Waals surface area (Å²) < 4.78 is 17.2. The van der Waals surface area contributed by atoms with Crippen molar-refractivity contribution in [3.8, 4) is 5.75 Å². The van der Waals surface area contributed by atoms with Crippen molar-refractivity contribution in [2.45, 2.75) is 25.0 Å². The van der Waals surface area contributed by atoms with E-state index in [1.54, 1.807) is 40.1 Å². The monoisotopic (exact) mass is 462 g/mol. The molecular weight excluding hydrogens is 444 g/mol. The minimum atomic E-state index is -0.457. The highest BCUT2D eigenvalue weighted by Gasteiger charge is 2.46. The lowest BCUT2D eigenvalue weighted by Gasteiger charge is -2.33. The van der Waals surface area contributed by atoms with Crippen molar-refractivity contribution < 1.29 is 28.6 Å². The number of hydrogen-bond acceptors (Lipinski definition) is 7. The Kier molecular flexibility index (Phi) is 5.33. The van der Waals surface area contributed by atoms with Gasteiger partial charge in [-0.2, -0.15) is 0 Å². The molecule has 3 aliphatic rings. The summed E-state index contributed by atoms with van der Waals surface area (Å²) in [5, 5.41) is 0. The van der Waals surface area contributed by atoms with Crippen LogP contribution in [0.4, 0.5) is 16.2 Å². The van der Waals surface area contributed by atoms with Gasteiger partial charge >= 0.3 is 6.09 Å². The summed E-state index contributed by atoms with van der Waals surface area (Å²) in [4.78, 5) is 40.9. The minimum absolute atomic E-state index is 0.0247. The molecule has 2 amide bonds. The second-order valence-electron chi connectivity index (χ2n) is 7.49. The van der Waals surface area contributed by atoms with Gasteiger partial charge in [-0.25, -0.2) is 4.79 Å². The second kappa shape index (κ2) is 8.14. The van der Waals surface area contributed by atoms with Gasteiger partial charge in [-0.1, -0.05) is 11.6 Å². The van der Waals surface area contributed by atoms with Crippen LogP contribution in [0.3, 0.4) is 0 Å². The van der Waals surface area contributed by atoms with Gasteiger partial charge in [0, 0.05) is 24.7 Å². The lowest BCUT2D eigenvalue weighted by Crippen LogP contribution is -2.45. The largest absolute Gasteiger partial charge is 0.489 e. The number of morpholine rings is 1. The molecule has 2 atom stereocenters.